The highest BCUT2D eigenvalue weighted by Gasteiger charge is 2.42. The second kappa shape index (κ2) is 6.23. The highest BCUT2D eigenvalue weighted by Crippen LogP contribution is 2.28. The quantitative estimate of drug-likeness (QED) is 0.840. The molecule has 2 aliphatic rings. The van der Waals surface area contributed by atoms with E-state index in [1.807, 2.05) is 12.3 Å². The van der Waals surface area contributed by atoms with Gasteiger partial charge < -0.3 is 5.32 Å². The predicted molar refractivity (Wildman–Crippen MR) is 81.1 cm³/mol. The molecule has 2 heterocycles. The SMILES string of the molecule is Cc1nc(CCNC2CC(=O)N(C3CCCC3)C2=O)cs1. The van der Waals surface area contributed by atoms with Crippen molar-refractivity contribution < 1.29 is 9.59 Å². The number of nitrogens with zero attached hydrogens (tertiary/aromatic N) is 2. The molecule has 5 nitrogen and oxygen atoms in total. The summed E-state index contributed by atoms with van der Waals surface area (Å²) in [6, 6.07) is -0.184. The van der Waals surface area contributed by atoms with E-state index < -0.39 is 0 Å². The van der Waals surface area contributed by atoms with Gasteiger partial charge in [-0.1, -0.05) is 12.8 Å². The van der Waals surface area contributed by atoms with Gasteiger partial charge >= 0.3 is 0 Å². The smallest absolute Gasteiger partial charge is 0.247 e. The van der Waals surface area contributed by atoms with Crippen molar-refractivity contribution in [2.75, 3.05) is 6.54 Å². The number of hydrogen-bond donors (Lipinski definition) is 1. The van der Waals surface area contributed by atoms with Crippen LogP contribution in [0, 0.1) is 6.92 Å². The molecule has 21 heavy (non-hydrogen) atoms. The zero-order valence-electron chi connectivity index (χ0n) is 12.3. The van der Waals surface area contributed by atoms with Gasteiger partial charge in [0.1, 0.15) is 0 Å². The van der Waals surface area contributed by atoms with Crippen LogP contribution < -0.4 is 5.32 Å². The van der Waals surface area contributed by atoms with E-state index in [9.17, 15) is 9.59 Å². The van der Waals surface area contributed by atoms with Crippen molar-refractivity contribution >= 4 is 23.2 Å². The number of carbonyl (C=O) groups excluding carboxylic acids is 2. The first-order valence-corrected chi connectivity index (χ1v) is 8.53. The fourth-order valence-corrected chi connectivity index (χ4v) is 3.90. The Morgan fingerprint density at radius 3 is 2.81 bits per heavy atom. The molecule has 0 bridgehead atoms. The summed E-state index contributed by atoms with van der Waals surface area (Å²) >= 11 is 1.64. The Morgan fingerprint density at radius 1 is 1.38 bits per heavy atom. The topological polar surface area (TPSA) is 62.3 Å². The van der Waals surface area contributed by atoms with Crippen LogP contribution in [-0.4, -0.2) is 40.3 Å². The van der Waals surface area contributed by atoms with Crippen LogP contribution in [0.4, 0.5) is 0 Å². The summed E-state index contributed by atoms with van der Waals surface area (Å²) < 4.78 is 0. The molecule has 1 saturated carbocycles. The van der Waals surface area contributed by atoms with Crippen molar-refractivity contribution in [3.8, 4) is 0 Å². The Hall–Kier alpha value is -1.27. The molecule has 0 aromatic carbocycles. The van der Waals surface area contributed by atoms with Crippen LogP contribution in [0.5, 0.6) is 0 Å². The van der Waals surface area contributed by atoms with Crippen LogP contribution >= 0.6 is 11.3 Å². The zero-order chi connectivity index (χ0) is 14.8. The van der Waals surface area contributed by atoms with Gasteiger partial charge in [0.2, 0.25) is 11.8 Å². The van der Waals surface area contributed by atoms with Crippen molar-refractivity contribution in [2.45, 2.75) is 57.5 Å². The van der Waals surface area contributed by atoms with Crippen molar-refractivity contribution in [2.24, 2.45) is 0 Å². The predicted octanol–water partition coefficient (Wildman–Crippen LogP) is 1.65. The average Bonchev–Trinajstić information content (AvgIpc) is 3.14. The molecule has 1 aliphatic heterocycles. The maximum absolute atomic E-state index is 12.4. The molecule has 0 spiro atoms. The largest absolute Gasteiger partial charge is 0.305 e. The van der Waals surface area contributed by atoms with Gasteiger partial charge in [0.05, 0.1) is 23.2 Å². The first kappa shape index (κ1) is 14.7. The minimum atomic E-state index is -0.335. The molecule has 1 aromatic heterocycles. The molecule has 1 unspecified atom stereocenters. The van der Waals surface area contributed by atoms with Gasteiger partial charge in [-0.2, -0.15) is 0 Å². The lowest BCUT2D eigenvalue weighted by Gasteiger charge is -2.22. The van der Waals surface area contributed by atoms with Gasteiger partial charge in [-0.25, -0.2) is 4.98 Å². The monoisotopic (exact) mass is 307 g/mol. The normalized spacial score (nSPS) is 23.5. The number of rotatable bonds is 5. The fraction of sp³-hybridized carbons (Fsp3) is 0.667. The van der Waals surface area contributed by atoms with Gasteiger partial charge in [0.25, 0.3) is 0 Å². The van der Waals surface area contributed by atoms with Crippen LogP contribution in [0.1, 0.15) is 42.8 Å². The molecule has 0 radical (unpaired) electrons. The summed E-state index contributed by atoms with van der Waals surface area (Å²) in [7, 11) is 0. The third-order valence-corrected chi connectivity index (χ3v) is 5.13. The fourth-order valence-electron chi connectivity index (χ4n) is 3.25. The van der Waals surface area contributed by atoms with E-state index in [0.29, 0.717) is 13.0 Å². The number of aromatic nitrogens is 1. The lowest BCUT2D eigenvalue weighted by atomic mass is 10.2. The molecule has 3 rings (SSSR count). The number of nitrogens with one attached hydrogen (secondary N) is 1. The number of aryl methyl sites for hydroxylation is 1. The summed E-state index contributed by atoms with van der Waals surface area (Å²) in [5.41, 5.74) is 1.05. The molecule has 114 valence electrons. The number of carbonyl (C=O) groups is 2. The van der Waals surface area contributed by atoms with Crippen LogP contribution in [0.2, 0.25) is 0 Å². The minimum Gasteiger partial charge on any atom is -0.305 e. The van der Waals surface area contributed by atoms with E-state index in [0.717, 1.165) is 42.8 Å². The van der Waals surface area contributed by atoms with Gasteiger partial charge in [0, 0.05) is 24.4 Å². The first-order valence-electron chi connectivity index (χ1n) is 7.65. The average molecular weight is 307 g/mol. The third-order valence-electron chi connectivity index (χ3n) is 4.31. The number of imide groups is 1. The molecule has 2 amide bonds. The lowest BCUT2D eigenvalue weighted by Crippen LogP contribution is -2.43. The third kappa shape index (κ3) is 3.16. The van der Waals surface area contributed by atoms with Crippen LogP contribution in [-0.2, 0) is 16.0 Å². The summed E-state index contributed by atoms with van der Waals surface area (Å²) in [4.78, 5) is 30.4. The van der Waals surface area contributed by atoms with E-state index in [1.54, 1.807) is 11.3 Å². The van der Waals surface area contributed by atoms with Gasteiger partial charge in [-0.15, -0.1) is 11.3 Å². The van der Waals surface area contributed by atoms with E-state index in [4.69, 9.17) is 0 Å². The van der Waals surface area contributed by atoms with Crippen molar-refractivity contribution in [3.05, 3.63) is 16.1 Å². The van der Waals surface area contributed by atoms with E-state index in [-0.39, 0.29) is 23.9 Å². The molecule has 1 saturated heterocycles. The van der Waals surface area contributed by atoms with Gasteiger partial charge in [-0.05, 0) is 19.8 Å². The Morgan fingerprint density at radius 2 is 2.14 bits per heavy atom. The van der Waals surface area contributed by atoms with Crippen molar-refractivity contribution in [1.82, 2.24) is 15.2 Å². The maximum atomic E-state index is 12.4. The molecular formula is C15H21N3O2S. The van der Waals surface area contributed by atoms with E-state index in [1.165, 1.54) is 4.90 Å². The first-order chi connectivity index (χ1) is 10.1. The molecule has 6 heteroatoms. The zero-order valence-corrected chi connectivity index (χ0v) is 13.1. The molecule has 1 aliphatic carbocycles. The summed E-state index contributed by atoms with van der Waals surface area (Å²) in [6.07, 6.45) is 5.31. The molecule has 1 N–H and O–H groups in total. The van der Waals surface area contributed by atoms with Crippen LogP contribution in [0.25, 0.3) is 0 Å². The number of thiazole rings is 1. The molecule has 1 aromatic rings. The number of amides is 2. The van der Waals surface area contributed by atoms with Gasteiger partial charge in [-0.3, -0.25) is 14.5 Å². The van der Waals surface area contributed by atoms with E-state index >= 15 is 0 Å². The van der Waals surface area contributed by atoms with E-state index in [2.05, 4.69) is 10.3 Å². The number of hydrogen-bond acceptors (Lipinski definition) is 5. The summed E-state index contributed by atoms with van der Waals surface area (Å²) in [5.74, 6) is -0.0322. The Kier molecular flexibility index (Phi) is 4.35. The molecule has 2 fully saturated rings. The van der Waals surface area contributed by atoms with Crippen LogP contribution in [0.15, 0.2) is 5.38 Å². The Bertz CT molecular complexity index is 537. The number of likely N-dealkylation sites (tertiary alicyclic amines) is 1. The maximum Gasteiger partial charge on any atom is 0.247 e. The Balaban J connectivity index is 1.52. The second-order valence-electron chi connectivity index (χ2n) is 5.86. The van der Waals surface area contributed by atoms with Crippen molar-refractivity contribution in [1.29, 1.82) is 0 Å². The minimum absolute atomic E-state index is 0.00565. The van der Waals surface area contributed by atoms with Crippen molar-refractivity contribution in [3.63, 3.8) is 0 Å². The molecule has 1 atom stereocenters. The lowest BCUT2D eigenvalue weighted by molar-refractivity contribution is -0.141. The highest BCUT2D eigenvalue weighted by atomic mass is 32.1. The Labute approximate surface area is 128 Å². The standard InChI is InChI=1S/C15H21N3O2S/c1-10-17-11(9-21-10)6-7-16-13-8-14(19)18(15(13)20)12-4-2-3-5-12/h9,12-13,16H,2-8H2,1H3. The summed E-state index contributed by atoms with van der Waals surface area (Å²) in [5, 5.41) is 6.33. The van der Waals surface area contributed by atoms with Gasteiger partial charge in [0.15, 0.2) is 0 Å². The molecular weight excluding hydrogens is 286 g/mol. The second-order valence-corrected chi connectivity index (χ2v) is 6.92. The van der Waals surface area contributed by atoms with Crippen LogP contribution in [0.3, 0.4) is 0 Å². The summed E-state index contributed by atoms with van der Waals surface area (Å²) in [6.45, 7) is 2.67. The highest BCUT2D eigenvalue weighted by molar-refractivity contribution is 7.09.